The Bertz CT molecular complexity index is 1170. The van der Waals surface area contributed by atoms with Crippen LogP contribution in [0.2, 0.25) is 0 Å². The van der Waals surface area contributed by atoms with Crippen molar-refractivity contribution in [3.05, 3.63) is 71.6 Å². The van der Waals surface area contributed by atoms with E-state index < -0.39 is 12.2 Å². The number of Topliss-reactive ketones (excluding diaryl/α,β-unsaturated/α-hetero) is 1. The lowest BCUT2D eigenvalue weighted by Gasteiger charge is -2.06. The molecule has 5 nitrogen and oxygen atoms in total. The highest BCUT2D eigenvalue weighted by Gasteiger charge is 2.12. The predicted octanol–water partition coefficient (Wildman–Crippen LogP) is 3.21. The summed E-state index contributed by atoms with van der Waals surface area (Å²) in [4.78, 5) is 19.8. The Kier molecular flexibility index (Phi) is 2.81. The lowest BCUT2D eigenvalue weighted by atomic mass is 10.1. The van der Waals surface area contributed by atoms with E-state index in [2.05, 4.69) is 15.1 Å². The second-order valence-electron chi connectivity index (χ2n) is 5.34. The molecule has 0 N–H and O–H groups in total. The molecule has 3 heterocycles. The third kappa shape index (κ3) is 2.42. The largest absolute Gasteiger partial charge is 0.293 e. The maximum absolute atomic E-state index is 14.6. The Balaban J connectivity index is 1.94. The number of imidazole rings is 1. The zero-order valence-corrected chi connectivity index (χ0v) is 12.7. The predicted molar refractivity (Wildman–Crippen MR) is 87.5 cm³/mol. The van der Waals surface area contributed by atoms with Crippen molar-refractivity contribution >= 4 is 22.3 Å². The van der Waals surface area contributed by atoms with Gasteiger partial charge >= 0.3 is 0 Å². The molecule has 6 heteroatoms. The summed E-state index contributed by atoms with van der Waals surface area (Å²) in [7, 11) is 0. The fourth-order valence-electron chi connectivity index (χ4n) is 2.47. The van der Waals surface area contributed by atoms with E-state index in [9.17, 15) is 9.18 Å². The van der Waals surface area contributed by atoms with Crippen molar-refractivity contribution in [3.8, 4) is 0 Å². The number of rotatable bonds is 3. The van der Waals surface area contributed by atoms with E-state index in [1.165, 1.54) is 35.8 Å². The van der Waals surface area contributed by atoms with Crippen LogP contribution < -0.4 is 0 Å². The monoisotopic (exact) mass is 322 g/mol. The SMILES string of the molecule is [2H]C([2H])(c1cc2cccnc2cc1F)c1cnc2ccc(C(C)=O)nn12. The molecule has 4 aromatic rings. The van der Waals surface area contributed by atoms with Gasteiger partial charge in [-0.1, -0.05) is 6.07 Å². The summed E-state index contributed by atoms with van der Waals surface area (Å²) >= 11 is 0. The lowest BCUT2D eigenvalue weighted by Crippen LogP contribution is -2.05. The molecule has 3 aromatic heterocycles. The first-order chi connectivity index (χ1) is 12.4. The van der Waals surface area contributed by atoms with Crippen LogP contribution in [0, 0.1) is 5.82 Å². The first-order valence-electron chi connectivity index (χ1n) is 8.29. The van der Waals surface area contributed by atoms with Crippen LogP contribution in [-0.2, 0) is 6.37 Å². The highest BCUT2D eigenvalue weighted by Crippen LogP contribution is 2.20. The number of pyridine rings is 1. The molecule has 0 fully saturated rings. The molecule has 24 heavy (non-hydrogen) atoms. The van der Waals surface area contributed by atoms with Gasteiger partial charge in [-0.05, 0) is 29.8 Å². The van der Waals surface area contributed by atoms with Gasteiger partial charge in [0.1, 0.15) is 11.5 Å². The number of ketones is 1. The third-order valence-corrected chi connectivity index (χ3v) is 3.68. The van der Waals surface area contributed by atoms with E-state index in [-0.39, 0.29) is 22.7 Å². The van der Waals surface area contributed by atoms with Gasteiger partial charge in [-0.15, -0.1) is 0 Å². The normalized spacial score (nSPS) is 13.1. The minimum Gasteiger partial charge on any atom is -0.293 e. The van der Waals surface area contributed by atoms with Gasteiger partial charge in [-0.2, -0.15) is 5.10 Å². The molecule has 0 aliphatic rings. The summed E-state index contributed by atoms with van der Waals surface area (Å²) in [6.45, 7) is 1.37. The maximum atomic E-state index is 14.6. The number of carbonyl (C=O) groups is 1. The first kappa shape index (κ1) is 12.3. The zero-order valence-electron chi connectivity index (χ0n) is 14.7. The number of halogens is 1. The van der Waals surface area contributed by atoms with E-state index in [1.54, 1.807) is 24.4 Å². The Hall–Kier alpha value is -3.15. The molecular weight excluding hydrogens is 307 g/mol. The lowest BCUT2D eigenvalue weighted by molar-refractivity contribution is 0.101. The van der Waals surface area contributed by atoms with Crippen molar-refractivity contribution in [2.45, 2.75) is 13.3 Å². The molecule has 0 saturated carbocycles. The van der Waals surface area contributed by atoms with Crippen molar-refractivity contribution < 1.29 is 11.9 Å². The van der Waals surface area contributed by atoms with Crippen LogP contribution in [0.15, 0.2) is 48.8 Å². The van der Waals surface area contributed by atoms with Crippen LogP contribution in [0.1, 0.15) is 31.4 Å². The molecule has 1 aromatic carbocycles. The van der Waals surface area contributed by atoms with E-state index in [4.69, 9.17) is 2.74 Å². The summed E-state index contributed by atoms with van der Waals surface area (Å²) in [5.74, 6) is -0.964. The summed E-state index contributed by atoms with van der Waals surface area (Å²) in [6.07, 6.45) is 0.642. The molecule has 4 rings (SSSR count). The molecular formula is C18H13FN4O. The van der Waals surface area contributed by atoms with Crippen LogP contribution in [-0.4, -0.2) is 25.4 Å². The first-order valence-corrected chi connectivity index (χ1v) is 7.29. The molecule has 0 aliphatic heterocycles. The molecule has 0 saturated heterocycles. The summed E-state index contributed by atoms with van der Waals surface area (Å²) in [5, 5.41) is 4.77. The van der Waals surface area contributed by atoms with Gasteiger partial charge in [0.05, 0.1) is 17.4 Å². The smallest absolute Gasteiger partial charge is 0.179 e. The molecule has 0 atom stereocenters. The quantitative estimate of drug-likeness (QED) is 0.543. The summed E-state index contributed by atoms with van der Waals surface area (Å²) in [6, 6.07) is 9.18. The Morgan fingerprint density at radius 2 is 2.17 bits per heavy atom. The number of fused-ring (bicyclic) bond motifs is 2. The van der Waals surface area contributed by atoms with Gasteiger partial charge < -0.3 is 0 Å². The minimum absolute atomic E-state index is 0.0396. The van der Waals surface area contributed by atoms with Crippen LogP contribution in [0.5, 0.6) is 0 Å². The van der Waals surface area contributed by atoms with E-state index in [1.807, 2.05) is 0 Å². The molecule has 0 bridgehead atoms. The van der Waals surface area contributed by atoms with Crippen molar-refractivity contribution in [2.24, 2.45) is 0 Å². The van der Waals surface area contributed by atoms with Crippen molar-refractivity contribution in [1.29, 1.82) is 0 Å². The van der Waals surface area contributed by atoms with Crippen molar-refractivity contribution in [3.63, 3.8) is 0 Å². The molecule has 0 spiro atoms. The maximum Gasteiger partial charge on any atom is 0.179 e. The van der Waals surface area contributed by atoms with Gasteiger partial charge in [0.2, 0.25) is 0 Å². The molecule has 0 aliphatic carbocycles. The fourth-order valence-corrected chi connectivity index (χ4v) is 2.47. The number of aromatic nitrogens is 4. The summed E-state index contributed by atoms with van der Waals surface area (Å²) in [5.41, 5.74) is 0.889. The number of hydrogen-bond donors (Lipinski definition) is 0. The molecule has 0 unspecified atom stereocenters. The Morgan fingerprint density at radius 3 is 3.00 bits per heavy atom. The number of benzene rings is 1. The van der Waals surface area contributed by atoms with Crippen LogP contribution >= 0.6 is 0 Å². The third-order valence-electron chi connectivity index (χ3n) is 3.68. The number of carbonyl (C=O) groups excluding carboxylic acids is 1. The molecule has 0 radical (unpaired) electrons. The summed E-state index contributed by atoms with van der Waals surface area (Å²) < 4.78 is 32.9. The molecule has 0 amide bonds. The van der Waals surface area contributed by atoms with Gasteiger partial charge in [0.15, 0.2) is 11.4 Å². The van der Waals surface area contributed by atoms with Crippen LogP contribution in [0.25, 0.3) is 16.6 Å². The van der Waals surface area contributed by atoms with E-state index >= 15 is 0 Å². The standard InChI is InChI=1S/C18H13FN4O/c1-11(24)16-4-5-18-21-10-14(23(18)22-16)8-13-7-12-3-2-6-20-17(12)9-15(13)19/h2-7,9-10H,8H2,1H3/i8D2. The highest BCUT2D eigenvalue weighted by molar-refractivity contribution is 5.92. The zero-order chi connectivity index (χ0) is 18.5. The minimum atomic E-state index is -2.21. The van der Waals surface area contributed by atoms with Crippen LogP contribution in [0.3, 0.4) is 0 Å². The number of hydrogen-bond acceptors (Lipinski definition) is 4. The van der Waals surface area contributed by atoms with Crippen molar-refractivity contribution in [1.82, 2.24) is 19.6 Å². The molecule has 118 valence electrons. The second kappa shape index (κ2) is 5.49. The Morgan fingerprint density at radius 1 is 1.29 bits per heavy atom. The van der Waals surface area contributed by atoms with Gasteiger partial charge in [0.25, 0.3) is 0 Å². The van der Waals surface area contributed by atoms with Crippen molar-refractivity contribution in [2.75, 3.05) is 0 Å². The Labute approximate surface area is 139 Å². The topological polar surface area (TPSA) is 60.2 Å². The van der Waals surface area contributed by atoms with Gasteiger partial charge in [-0.3, -0.25) is 9.78 Å². The average Bonchev–Trinajstić information content (AvgIpc) is 3.04. The fraction of sp³-hybridized carbons (Fsp3) is 0.111. The van der Waals surface area contributed by atoms with Crippen LogP contribution in [0.4, 0.5) is 4.39 Å². The van der Waals surface area contributed by atoms with E-state index in [0.29, 0.717) is 16.6 Å². The van der Waals surface area contributed by atoms with Gasteiger partial charge in [0, 0.05) is 33.7 Å². The van der Waals surface area contributed by atoms with Gasteiger partial charge in [-0.25, -0.2) is 13.9 Å². The second-order valence-corrected chi connectivity index (χ2v) is 5.34. The average molecular weight is 322 g/mol. The highest BCUT2D eigenvalue weighted by atomic mass is 19.1. The number of nitrogens with zero attached hydrogens (tertiary/aromatic N) is 4. The van der Waals surface area contributed by atoms with E-state index in [0.717, 1.165) is 0 Å².